The zero-order valence-electron chi connectivity index (χ0n) is 14.2. The number of aryl methyl sites for hydroxylation is 3. The maximum atomic E-state index is 11.0. The van der Waals surface area contributed by atoms with Crippen LogP contribution in [0.25, 0.3) is 22.8 Å². The molecule has 0 radical (unpaired) electrons. The number of carbonyl (C=O) groups excluding carboxylic acids is 1. The van der Waals surface area contributed by atoms with Gasteiger partial charge in [0.15, 0.2) is 12.1 Å². The third-order valence-corrected chi connectivity index (χ3v) is 4.07. The molecule has 2 heterocycles. The molecule has 5 heteroatoms. The van der Waals surface area contributed by atoms with Crippen LogP contribution in [0.1, 0.15) is 27.3 Å². The van der Waals surface area contributed by atoms with E-state index in [4.69, 9.17) is 9.72 Å². The maximum Gasteiger partial charge on any atom is 0.170 e. The summed E-state index contributed by atoms with van der Waals surface area (Å²) in [4.78, 5) is 23.2. The summed E-state index contributed by atoms with van der Waals surface area (Å²) >= 11 is 0. The number of hydrogen-bond donors (Lipinski definition) is 1. The van der Waals surface area contributed by atoms with Crippen molar-refractivity contribution < 1.29 is 9.53 Å². The van der Waals surface area contributed by atoms with E-state index in [1.807, 2.05) is 25.1 Å². The molecule has 1 aromatic carbocycles. The van der Waals surface area contributed by atoms with Crippen molar-refractivity contribution in [2.75, 3.05) is 7.11 Å². The third kappa shape index (κ3) is 2.69. The highest BCUT2D eigenvalue weighted by atomic mass is 16.5. The number of carbonyl (C=O) groups is 1. The van der Waals surface area contributed by atoms with Crippen molar-refractivity contribution in [3.8, 4) is 28.5 Å². The fourth-order valence-electron chi connectivity index (χ4n) is 2.82. The average molecular weight is 321 g/mol. The number of nitrogens with zero attached hydrogens (tertiary/aromatic N) is 2. The lowest BCUT2D eigenvalue weighted by molar-refractivity contribution is 0.111. The summed E-state index contributed by atoms with van der Waals surface area (Å²) < 4.78 is 5.50. The van der Waals surface area contributed by atoms with Gasteiger partial charge in [0.25, 0.3) is 0 Å². The lowest BCUT2D eigenvalue weighted by Gasteiger charge is -2.13. The molecule has 24 heavy (non-hydrogen) atoms. The summed E-state index contributed by atoms with van der Waals surface area (Å²) in [7, 11) is 1.63. The Balaban J connectivity index is 2.20. The number of ether oxygens (including phenoxy) is 1. The first-order valence-electron chi connectivity index (χ1n) is 7.69. The SMILES string of the molecule is COc1ccc(-c2nc(C=O)c(C)[nH]2)nc1-c1c(C)cccc1C. The summed E-state index contributed by atoms with van der Waals surface area (Å²) in [5.74, 6) is 1.28. The molecule has 2 aromatic heterocycles. The molecule has 122 valence electrons. The fraction of sp³-hybridized carbons (Fsp3) is 0.211. The van der Waals surface area contributed by atoms with E-state index in [0.29, 0.717) is 23.0 Å². The number of imidazole rings is 1. The van der Waals surface area contributed by atoms with Crippen LogP contribution in [0.2, 0.25) is 0 Å². The molecule has 0 amide bonds. The molecule has 3 rings (SSSR count). The Bertz CT molecular complexity index is 893. The molecule has 5 nitrogen and oxygen atoms in total. The van der Waals surface area contributed by atoms with Gasteiger partial charge >= 0.3 is 0 Å². The third-order valence-electron chi connectivity index (χ3n) is 4.07. The van der Waals surface area contributed by atoms with Crippen LogP contribution in [-0.2, 0) is 0 Å². The molecular weight excluding hydrogens is 302 g/mol. The van der Waals surface area contributed by atoms with Crippen LogP contribution in [-0.4, -0.2) is 28.3 Å². The van der Waals surface area contributed by atoms with Crippen LogP contribution in [0.3, 0.4) is 0 Å². The lowest BCUT2D eigenvalue weighted by Crippen LogP contribution is -1.98. The van der Waals surface area contributed by atoms with Crippen LogP contribution >= 0.6 is 0 Å². The molecule has 0 bridgehead atoms. The molecule has 0 aliphatic rings. The van der Waals surface area contributed by atoms with E-state index in [-0.39, 0.29) is 0 Å². The quantitative estimate of drug-likeness (QED) is 0.740. The first kappa shape index (κ1) is 15.9. The lowest BCUT2D eigenvalue weighted by atomic mass is 9.99. The Morgan fingerprint density at radius 2 is 1.75 bits per heavy atom. The number of aldehydes is 1. The van der Waals surface area contributed by atoms with Crippen LogP contribution in [0.4, 0.5) is 0 Å². The summed E-state index contributed by atoms with van der Waals surface area (Å²) in [6, 6.07) is 9.84. The number of methoxy groups -OCH3 is 1. The van der Waals surface area contributed by atoms with Gasteiger partial charge in [0.05, 0.1) is 7.11 Å². The second-order valence-electron chi connectivity index (χ2n) is 5.73. The van der Waals surface area contributed by atoms with Crippen LogP contribution in [0.15, 0.2) is 30.3 Å². The first-order valence-corrected chi connectivity index (χ1v) is 7.69. The van der Waals surface area contributed by atoms with E-state index < -0.39 is 0 Å². The Kier molecular flexibility index (Phi) is 4.16. The van der Waals surface area contributed by atoms with E-state index >= 15 is 0 Å². The van der Waals surface area contributed by atoms with E-state index in [1.165, 1.54) is 0 Å². The molecule has 0 spiro atoms. The average Bonchev–Trinajstić information content (AvgIpc) is 2.95. The second-order valence-corrected chi connectivity index (χ2v) is 5.73. The smallest absolute Gasteiger partial charge is 0.170 e. The van der Waals surface area contributed by atoms with E-state index in [9.17, 15) is 4.79 Å². The van der Waals surface area contributed by atoms with Gasteiger partial charge in [-0.05, 0) is 44.0 Å². The van der Waals surface area contributed by atoms with Gasteiger partial charge < -0.3 is 9.72 Å². The number of rotatable bonds is 4. The summed E-state index contributed by atoms with van der Waals surface area (Å²) in [5, 5.41) is 0. The van der Waals surface area contributed by atoms with Gasteiger partial charge in [-0.3, -0.25) is 4.79 Å². The molecule has 0 aliphatic heterocycles. The van der Waals surface area contributed by atoms with Gasteiger partial charge in [0.1, 0.15) is 22.8 Å². The molecule has 1 N–H and O–H groups in total. The Morgan fingerprint density at radius 3 is 2.33 bits per heavy atom. The number of pyridine rings is 1. The molecular formula is C19H19N3O2. The molecule has 3 aromatic rings. The van der Waals surface area contributed by atoms with Gasteiger partial charge in [-0.1, -0.05) is 18.2 Å². The van der Waals surface area contributed by atoms with Crippen molar-refractivity contribution in [2.45, 2.75) is 20.8 Å². The predicted octanol–water partition coefficient (Wildman–Crippen LogP) is 3.89. The molecule has 0 atom stereocenters. The number of H-pyrrole nitrogens is 1. The van der Waals surface area contributed by atoms with Crippen LogP contribution in [0, 0.1) is 20.8 Å². The second kappa shape index (κ2) is 6.28. The van der Waals surface area contributed by atoms with Gasteiger partial charge in [0, 0.05) is 11.3 Å². The normalized spacial score (nSPS) is 10.7. The minimum absolute atomic E-state index is 0.399. The maximum absolute atomic E-state index is 11.0. The fourth-order valence-corrected chi connectivity index (χ4v) is 2.82. The number of aromatic nitrogens is 3. The predicted molar refractivity (Wildman–Crippen MR) is 93.4 cm³/mol. The molecule has 0 aliphatic carbocycles. The molecule has 0 fully saturated rings. The molecule has 0 unspecified atom stereocenters. The Hall–Kier alpha value is -2.95. The van der Waals surface area contributed by atoms with Crippen molar-refractivity contribution in [1.82, 2.24) is 15.0 Å². The summed E-state index contributed by atoms with van der Waals surface area (Å²) in [6.07, 6.45) is 0.741. The number of benzene rings is 1. The van der Waals surface area contributed by atoms with Crippen molar-refractivity contribution in [3.63, 3.8) is 0 Å². The van der Waals surface area contributed by atoms with Crippen molar-refractivity contribution in [3.05, 3.63) is 52.8 Å². The van der Waals surface area contributed by atoms with Crippen LogP contribution in [0.5, 0.6) is 5.75 Å². The van der Waals surface area contributed by atoms with Gasteiger partial charge in [0.2, 0.25) is 0 Å². The van der Waals surface area contributed by atoms with E-state index in [0.717, 1.165) is 34.4 Å². The number of aromatic amines is 1. The largest absolute Gasteiger partial charge is 0.494 e. The topological polar surface area (TPSA) is 67.9 Å². The van der Waals surface area contributed by atoms with Gasteiger partial charge in [-0.15, -0.1) is 0 Å². The number of hydrogen-bond acceptors (Lipinski definition) is 4. The number of nitrogens with one attached hydrogen (secondary N) is 1. The minimum Gasteiger partial charge on any atom is -0.494 e. The highest BCUT2D eigenvalue weighted by Crippen LogP contribution is 2.34. The monoisotopic (exact) mass is 321 g/mol. The summed E-state index contributed by atoms with van der Waals surface area (Å²) in [6.45, 7) is 5.92. The van der Waals surface area contributed by atoms with Crippen LogP contribution < -0.4 is 4.74 Å². The summed E-state index contributed by atoms with van der Waals surface area (Å²) in [5.41, 5.74) is 5.87. The first-order chi connectivity index (χ1) is 11.5. The van der Waals surface area contributed by atoms with Crippen molar-refractivity contribution in [1.29, 1.82) is 0 Å². The van der Waals surface area contributed by atoms with E-state index in [2.05, 4.69) is 35.9 Å². The zero-order chi connectivity index (χ0) is 17.3. The van der Waals surface area contributed by atoms with Gasteiger partial charge in [-0.25, -0.2) is 9.97 Å². The molecule has 0 saturated carbocycles. The standard InChI is InChI=1S/C19H19N3O2/c1-11-6-5-7-12(2)17(11)18-16(24-4)9-8-14(21-18)19-20-13(3)15(10-23)22-19/h5-10H,1-4H3,(H,20,22). The Morgan fingerprint density at radius 1 is 1.04 bits per heavy atom. The van der Waals surface area contributed by atoms with E-state index in [1.54, 1.807) is 7.11 Å². The zero-order valence-corrected chi connectivity index (χ0v) is 14.2. The Labute approximate surface area is 140 Å². The molecule has 0 saturated heterocycles. The highest BCUT2D eigenvalue weighted by molar-refractivity contribution is 5.77. The van der Waals surface area contributed by atoms with Gasteiger partial charge in [-0.2, -0.15) is 0 Å². The highest BCUT2D eigenvalue weighted by Gasteiger charge is 2.16. The minimum atomic E-state index is 0.399. The van der Waals surface area contributed by atoms with Crippen molar-refractivity contribution in [2.24, 2.45) is 0 Å². The van der Waals surface area contributed by atoms with Crippen molar-refractivity contribution >= 4 is 6.29 Å².